The second-order valence-corrected chi connectivity index (χ2v) is 9.46. The van der Waals surface area contributed by atoms with Gasteiger partial charge in [0.1, 0.15) is 5.52 Å². The summed E-state index contributed by atoms with van der Waals surface area (Å²) >= 11 is 0. The van der Waals surface area contributed by atoms with Gasteiger partial charge < -0.3 is 15.6 Å². The number of rotatable bonds is 6. The number of hydrogen-bond donors (Lipinski definition) is 3. The highest BCUT2D eigenvalue weighted by atomic mass is 16.2. The van der Waals surface area contributed by atoms with Gasteiger partial charge in [-0.05, 0) is 50.4 Å². The number of amidine groups is 1. The smallest absolute Gasteiger partial charge is 0.320 e. The molecule has 9 nitrogen and oxygen atoms in total. The number of urea groups is 1. The maximum absolute atomic E-state index is 11.5. The zero-order valence-electron chi connectivity index (χ0n) is 18.8. The van der Waals surface area contributed by atoms with Gasteiger partial charge in [-0.3, -0.25) is 10.3 Å². The topological polar surface area (TPSA) is 126 Å². The SMILES string of the molecule is CC1CCC(Cn2cnc3nc(C(=N)N(C)C(N)=O)nc(NC(C)C4CCC4)c32)CC1. The van der Waals surface area contributed by atoms with Gasteiger partial charge in [-0.2, -0.15) is 0 Å². The van der Waals surface area contributed by atoms with Gasteiger partial charge in [-0.1, -0.05) is 26.2 Å². The number of nitrogens with zero attached hydrogens (tertiary/aromatic N) is 5. The molecule has 1 unspecified atom stereocenters. The first kappa shape index (κ1) is 21.5. The number of amides is 2. The number of carbonyl (C=O) groups is 1. The summed E-state index contributed by atoms with van der Waals surface area (Å²) in [6.45, 7) is 5.42. The molecule has 0 saturated heterocycles. The lowest BCUT2D eigenvalue weighted by Gasteiger charge is -2.32. The lowest BCUT2D eigenvalue weighted by Crippen LogP contribution is -2.38. The predicted molar refractivity (Wildman–Crippen MR) is 121 cm³/mol. The Balaban J connectivity index is 1.67. The average Bonchev–Trinajstić information content (AvgIpc) is 3.10. The van der Waals surface area contributed by atoms with E-state index in [0.717, 1.165) is 22.9 Å². The highest BCUT2D eigenvalue weighted by Gasteiger charge is 2.27. The van der Waals surface area contributed by atoms with Gasteiger partial charge in [-0.15, -0.1) is 0 Å². The molecule has 0 aliphatic heterocycles. The zero-order valence-corrected chi connectivity index (χ0v) is 18.8. The molecule has 4 rings (SSSR count). The van der Waals surface area contributed by atoms with Crippen LogP contribution in [0.25, 0.3) is 11.2 Å². The van der Waals surface area contributed by atoms with E-state index in [1.165, 1.54) is 52.0 Å². The molecule has 1 atom stereocenters. The molecule has 9 heteroatoms. The quantitative estimate of drug-likeness (QED) is 0.481. The summed E-state index contributed by atoms with van der Waals surface area (Å²) in [5.74, 6) is 2.76. The van der Waals surface area contributed by atoms with E-state index >= 15 is 0 Å². The number of primary amides is 1. The molecule has 0 bridgehead atoms. The number of hydrogen-bond acceptors (Lipinski definition) is 6. The minimum Gasteiger partial charge on any atom is -0.365 e. The molecular formula is C22H34N8O. The first-order valence-corrected chi connectivity index (χ1v) is 11.4. The predicted octanol–water partition coefficient (Wildman–Crippen LogP) is 3.59. The fourth-order valence-corrected chi connectivity index (χ4v) is 4.65. The van der Waals surface area contributed by atoms with Crippen molar-refractivity contribution >= 4 is 28.8 Å². The summed E-state index contributed by atoms with van der Waals surface area (Å²) in [7, 11) is 1.45. The minimum atomic E-state index is -0.719. The van der Waals surface area contributed by atoms with Crippen LogP contribution in [0.2, 0.25) is 0 Å². The molecule has 0 spiro atoms. The third-order valence-corrected chi connectivity index (χ3v) is 7.16. The van der Waals surface area contributed by atoms with E-state index in [1.807, 2.05) is 6.33 Å². The van der Waals surface area contributed by atoms with Crippen molar-refractivity contribution in [3.63, 3.8) is 0 Å². The molecule has 2 fully saturated rings. The van der Waals surface area contributed by atoms with Crippen LogP contribution in [0, 0.1) is 23.2 Å². The van der Waals surface area contributed by atoms with Gasteiger partial charge in [0.05, 0.1) is 6.33 Å². The van der Waals surface area contributed by atoms with Gasteiger partial charge >= 0.3 is 6.03 Å². The molecule has 0 aromatic carbocycles. The monoisotopic (exact) mass is 426 g/mol. The van der Waals surface area contributed by atoms with Gasteiger partial charge in [0.25, 0.3) is 0 Å². The second-order valence-electron chi connectivity index (χ2n) is 9.46. The molecule has 0 radical (unpaired) electrons. The van der Waals surface area contributed by atoms with Gasteiger partial charge in [-0.25, -0.2) is 19.7 Å². The standard InChI is InChI=1S/C22H34N8O/c1-13-7-9-15(10-8-13)11-30-12-25-19-17(30)20(26-14(2)16-5-4-6-16)28-21(27-19)18(23)29(3)22(24)31/h12-16,23H,4-11H2,1-3H3,(H2,24,31)(H,26,27,28). The Morgan fingerprint density at radius 2 is 2.00 bits per heavy atom. The number of imidazole rings is 1. The fraction of sp³-hybridized carbons (Fsp3) is 0.682. The average molecular weight is 427 g/mol. The van der Waals surface area contributed by atoms with E-state index in [4.69, 9.17) is 11.1 Å². The molecular weight excluding hydrogens is 392 g/mol. The molecule has 31 heavy (non-hydrogen) atoms. The van der Waals surface area contributed by atoms with Crippen molar-refractivity contribution in [2.75, 3.05) is 12.4 Å². The van der Waals surface area contributed by atoms with E-state index in [2.05, 4.69) is 38.7 Å². The zero-order chi connectivity index (χ0) is 22.1. The van der Waals surface area contributed by atoms with E-state index in [-0.39, 0.29) is 17.7 Å². The molecule has 2 saturated carbocycles. The van der Waals surface area contributed by atoms with Gasteiger partial charge in [0.15, 0.2) is 23.1 Å². The van der Waals surface area contributed by atoms with Crippen LogP contribution < -0.4 is 11.1 Å². The first-order chi connectivity index (χ1) is 14.8. The number of nitrogens with two attached hydrogens (primary N) is 1. The van der Waals surface area contributed by atoms with Gasteiger partial charge in [0, 0.05) is 19.6 Å². The molecule has 2 amide bonds. The van der Waals surface area contributed by atoms with E-state index in [1.54, 1.807) is 0 Å². The molecule has 168 valence electrons. The highest BCUT2D eigenvalue weighted by molar-refractivity contribution is 6.04. The second kappa shape index (κ2) is 8.80. The number of aromatic nitrogens is 4. The number of nitrogens with one attached hydrogen (secondary N) is 2. The van der Waals surface area contributed by atoms with Crippen LogP contribution in [-0.2, 0) is 6.54 Å². The van der Waals surface area contributed by atoms with Crippen molar-refractivity contribution in [2.24, 2.45) is 23.5 Å². The van der Waals surface area contributed by atoms with Crippen LogP contribution in [0.4, 0.5) is 10.6 Å². The Kier molecular flexibility index (Phi) is 6.11. The Morgan fingerprint density at radius 3 is 2.61 bits per heavy atom. The van der Waals surface area contributed by atoms with Crippen LogP contribution in [-0.4, -0.2) is 49.4 Å². The maximum atomic E-state index is 11.5. The molecule has 2 aromatic rings. The molecule has 4 N–H and O–H groups in total. The van der Waals surface area contributed by atoms with Crippen molar-refractivity contribution in [3.05, 3.63) is 12.2 Å². The van der Waals surface area contributed by atoms with Crippen molar-refractivity contribution in [3.8, 4) is 0 Å². The third-order valence-electron chi connectivity index (χ3n) is 7.16. The lowest BCUT2D eigenvalue weighted by atomic mass is 9.80. The minimum absolute atomic E-state index is 0.135. The van der Waals surface area contributed by atoms with Crippen LogP contribution in [0.5, 0.6) is 0 Å². The Labute approximate surface area is 183 Å². The fourth-order valence-electron chi connectivity index (χ4n) is 4.65. The summed E-state index contributed by atoms with van der Waals surface area (Å²) < 4.78 is 2.16. The van der Waals surface area contributed by atoms with Crippen LogP contribution in [0.3, 0.4) is 0 Å². The normalized spacial score (nSPS) is 22.7. The number of fused-ring (bicyclic) bond motifs is 1. The lowest BCUT2D eigenvalue weighted by molar-refractivity contribution is 0.235. The van der Waals surface area contributed by atoms with Crippen molar-refractivity contribution in [2.45, 2.75) is 71.4 Å². The summed E-state index contributed by atoms with van der Waals surface area (Å²) in [4.78, 5) is 26.3. The summed E-state index contributed by atoms with van der Waals surface area (Å²) in [5, 5.41) is 11.9. The van der Waals surface area contributed by atoms with E-state index in [9.17, 15) is 4.79 Å². The molecule has 2 aromatic heterocycles. The van der Waals surface area contributed by atoms with Crippen molar-refractivity contribution < 1.29 is 4.79 Å². The van der Waals surface area contributed by atoms with E-state index < -0.39 is 6.03 Å². The molecule has 2 heterocycles. The number of carbonyl (C=O) groups excluding carboxylic acids is 1. The van der Waals surface area contributed by atoms with Gasteiger partial charge in [0.2, 0.25) is 0 Å². The summed E-state index contributed by atoms with van der Waals surface area (Å²) in [5.41, 5.74) is 6.76. The van der Waals surface area contributed by atoms with Crippen LogP contribution >= 0.6 is 0 Å². The van der Waals surface area contributed by atoms with Crippen molar-refractivity contribution in [1.29, 1.82) is 5.41 Å². The van der Waals surface area contributed by atoms with E-state index in [0.29, 0.717) is 23.3 Å². The Hall–Kier alpha value is -2.71. The van der Waals surface area contributed by atoms with Crippen molar-refractivity contribution in [1.82, 2.24) is 24.4 Å². The summed E-state index contributed by atoms with van der Waals surface area (Å²) in [6.07, 6.45) is 10.6. The largest absolute Gasteiger partial charge is 0.365 e. The molecule has 2 aliphatic carbocycles. The number of anilines is 1. The molecule has 2 aliphatic rings. The van der Waals surface area contributed by atoms with Crippen LogP contribution in [0.1, 0.15) is 64.6 Å². The Bertz CT molecular complexity index is 958. The highest BCUT2D eigenvalue weighted by Crippen LogP contribution is 2.33. The first-order valence-electron chi connectivity index (χ1n) is 11.4. The van der Waals surface area contributed by atoms with Crippen LogP contribution in [0.15, 0.2) is 6.33 Å². The Morgan fingerprint density at radius 1 is 1.29 bits per heavy atom. The maximum Gasteiger partial charge on any atom is 0.320 e. The third kappa shape index (κ3) is 4.50. The summed E-state index contributed by atoms with van der Waals surface area (Å²) in [6, 6.07) is -0.454.